The van der Waals surface area contributed by atoms with Crippen molar-refractivity contribution in [2.75, 3.05) is 0 Å². The molecule has 0 aliphatic heterocycles. The lowest BCUT2D eigenvalue weighted by Crippen LogP contribution is -2.07. The van der Waals surface area contributed by atoms with Crippen LogP contribution in [0.5, 0.6) is 0 Å². The smallest absolute Gasteiger partial charge is 0.0294 e. The van der Waals surface area contributed by atoms with Crippen molar-refractivity contribution in [2.45, 2.75) is 59.8 Å². The van der Waals surface area contributed by atoms with E-state index < -0.39 is 0 Å². The molecular weight excluding hydrogens is 144 g/mol. The highest BCUT2D eigenvalue weighted by Crippen LogP contribution is 2.59. The highest BCUT2D eigenvalue weighted by molar-refractivity contribution is 5.00. The summed E-state index contributed by atoms with van der Waals surface area (Å²) in [5, 5.41) is 0. The van der Waals surface area contributed by atoms with Crippen LogP contribution in [-0.2, 0) is 0 Å². The van der Waals surface area contributed by atoms with E-state index in [0.29, 0.717) is 0 Å². The molecule has 1 aliphatic carbocycles. The molecule has 1 aliphatic rings. The fourth-order valence-corrected chi connectivity index (χ4v) is 2.65. The van der Waals surface area contributed by atoms with Crippen LogP contribution in [0.1, 0.15) is 59.8 Å². The maximum atomic E-state index is 2.47. The number of rotatable bonds is 5. The summed E-state index contributed by atoms with van der Waals surface area (Å²) in [6.45, 7) is 9.48. The Morgan fingerprint density at radius 3 is 2.33 bits per heavy atom. The molecular formula is C12H24. The molecule has 0 aromatic heterocycles. The lowest BCUT2D eigenvalue weighted by atomic mass is 9.89. The third-order valence-corrected chi connectivity index (χ3v) is 3.98. The van der Waals surface area contributed by atoms with E-state index >= 15 is 0 Å². The van der Waals surface area contributed by atoms with Gasteiger partial charge in [0.2, 0.25) is 0 Å². The molecule has 0 heteroatoms. The summed E-state index contributed by atoms with van der Waals surface area (Å²) in [6, 6.07) is 0. The van der Waals surface area contributed by atoms with Crippen molar-refractivity contribution >= 4 is 0 Å². The maximum absolute atomic E-state index is 2.47. The van der Waals surface area contributed by atoms with Crippen molar-refractivity contribution in [1.29, 1.82) is 0 Å². The Balaban J connectivity index is 2.38. The summed E-state index contributed by atoms with van der Waals surface area (Å²) in [5.41, 5.74) is 0.732. The number of hydrogen-bond donors (Lipinski definition) is 0. The highest BCUT2D eigenvalue weighted by atomic mass is 14.6. The Morgan fingerprint density at radius 2 is 2.00 bits per heavy atom. The molecule has 0 bridgehead atoms. The minimum absolute atomic E-state index is 0.732. The summed E-state index contributed by atoms with van der Waals surface area (Å²) in [5.74, 6) is 2.09. The predicted molar refractivity (Wildman–Crippen MR) is 55.2 cm³/mol. The van der Waals surface area contributed by atoms with Gasteiger partial charge in [-0.15, -0.1) is 0 Å². The Bertz CT molecular complexity index is 137. The summed E-state index contributed by atoms with van der Waals surface area (Å²) in [7, 11) is 0. The predicted octanol–water partition coefficient (Wildman–Crippen LogP) is 4.25. The van der Waals surface area contributed by atoms with E-state index in [2.05, 4.69) is 27.7 Å². The van der Waals surface area contributed by atoms with Gasteiger partial charge in [0.1, 0.15) is 0 Å². The van der Waals surface area contributed by atoms with Crippen molar-refractivity contribution < 1.29 is 0 Å². The minimum atomic E-state index is 0.732. The molecule has 0 aromatic carbocycles. The first kappa shape index (κ1) is 10.1. The van der Waals surface area contributed by atoms with Crippen LogP contribution in [0.15, 0.2) is 0 Å². The van der Waals surface area contributed by atoms with Gasteiger partial charge in [0.25, 0.3) is 0 Å². The van der Waals surface area contributed by atoms with Crippen molar-refractivity contribution in [3.8, 4) is 0 Å². The Morgan fingerprint density at radius 1 is 1.33 bits per heavy atom. The first-order valence-electron chi connectivity index (χ1n) is 5.68. The minimum Gasteiger partial charge on any atom is -0.0654 e. The summed E-state index contributed by atoms with van der Waals surface area (Å²) in [6.07, 6.45) is 7.11. The van der Waals surface area contributed by atoms with Gasteiger partial charge in [0.15, 0.2) is 0 Å². The Hall–Kier alpha value is 0. The zero-order valence-corrected chi connectivity index (χ0v) is 9.19. The summed E-state index contributed by atoms with van der Waals surface area (Å²) >= 11 is 0. The van der Waals surface area contributed by atoms with Gasteiger partial charge in [0, 0.05) is 0 Å². The molecule has 0 N–H and O–H groups in total. The normalized spacial score (nSPS) is 36.5. The van der Waals surface area contributed by atoms with Crippen LogP contribution in [-0.4, -0.2) is 0 Å². The standard InChI is InChI=1S/C12H24/c1-5-8-10(6-2)11-9-12(11,4)7-3/h10-11H,5-9H2,1-4H3. The van der Waals surface area contributed by atoms with Gasteiger partial charge >= 0.3 is 0 Å². The SMILES string of the molecule is CCCC(CC)C1CC1(C)CC. The van der Waals surface area contributed by atoms with Crippen LogP contribution in [0.4, 0.5) is 0 Å². The molecule has 1 saturated carbocycles. The van der Waals surface area contributed by atoms with Gasteiger partial charge in [-0.1, -0.05) is 53.4 Å². The van der Waals surface area contributed by atoms with Crippen LogP contribution >= 0.6 is 0 Å². The topological polar surface area (TPSA) is 0 Å². The van der Waals surface area contributed by atoms with Gasteiger partial charge < -0.3 is 0 Å². The fraction of sp³-hybridized carbons (Fsp3) is 1.00. The molecule has 0 aromatic rings. The second-order valence-electron chi connectivity index (χ2n) is 4.78. The van der Waals surface area contributed by atoms with E-state index in [1.54, 1.807) is 0 Å². The van der Waals surface area contributed by atoms with Crippen molar-refractivity contribution in [2.24, 2.45) is 17.3 Å². The second-order valence-corrected chi connectivity index (χ2v) is 4.78. The quantitative estimate of drug-likeness (QED) is 0.575. The van der Waals surface area contributed by atoms with Gasteiger partial charge in [0.05, 0.1) is 0 Å². The van der Waals surface area contributed by atoms with Crippen molar-refractivity contribution in [1.82, 2.24) is 0 Å². The molecule has 0 spiro atoms. The molecule has 1 rings (SSSR count). The van der Waals surface area contributed by atoms with Crippen LogP contribution in [0, 0.1) is 17.3 Å². The van der Waals surface area contributed by atoms with Gasteiger partial charge in [-0.3, -0.25) is 0 Å². The molecule has 72 valence electrons. The molecule has 1 fully saturated rings. The monoisotopic (exact) mass is 168 g/mol. The van der Waals surface area contributed by atoms with Crippen molar-refractivity contribution in [3.05, 3.63) is 0 Å². The largest absolute Gasteiger partial charge is 0.0654 e. The third-order valence-electron chi connectivity index (χ3n) is 3.98. The summed E-state index contributed by atoms with van der Waals surface area (Å²) in [4.78, 5) is 0. The zero-order valence-electron chi connectivity index (χ0n) is 9.19. The van der Waals surface area contributed by atoms with Crippen molar-refractivity contribution in [3.63, 3.8) is 0 Å². The summed E-state index contributed by atoms with van der Waals surface area (Å²) < 4.78 is 0. The van der Waals surface area contributed by atoms with Crippen LogP contribution in [0.3, 0.4) is 0 Å². The molecule has 0 heterocycles. The molecule has 0 radical (unpaired) electrons. The van der Waals surface area contributed by atoms with Crippen LogP contribution in [0.2, 0.25) is 0 Å². The van der Waals surface area contributed by atoms with E-state index in [-0.39, 0.29) is 0 Å². The second kappa shape index (κ2) is 3.81. The first-order chi connectivity index (χ1) is 5.68. The molecule has 0 saturated heterocycles. The van der Waals surface area contributed by atoms with E-state index in [9.17, 15) is 0 Å². The molecule has 3 atom stereocenters. The molecule has 12 heavy (non-hydrogen) atoms. The Kier molecular flexibility index (Phi) is 3.20. The average Bonchev–Trinajstić information content (AvgIpc) is 2.75. The van der Waals surface area contributed by atoms with E-state index in [4.69, 9.17) is 0 Å². The fourth-order valence-electron chi connectivity index (χ4n) is 2.65. The van der Waals surface area contributed by atoms with E-state index in [0.717, 1.165) is 17.3 Å². The lowest BCUT2D eigenvalue weighted by molar-refractivity contribution is 0.338. The Labute approximate surface area is 77.7 Å². The van der Waals surface area contributed by atoms with Gasteiger partial charge in [-0.25, -0.2) is 0 Å². The van der Waals surface area contributed by atoms with E-state index in [1.807, 2.05) is 0 Å². The third kappa shape index (κ3) is 1.84. The van der Waals surface area contributed by atoms with Crippen LogP contribution in [0.25, 0.3) is 0 Å². The molecule has 0 amide bonds. The zero-order chi connectivity index (χ0) is 9.19. The van der Waals surface area contributed by atoms with E-state index in [1.165, 1.54) is 32.1 Å². The maximum Gasteiger partial charge on any atom is -0.0294 e. The number of hydrogen-bond acceptors (Lipinski definition) is 0. The average molecular weight is 168 g/mol. The van der Waals surface area contributed by atoms with Gasteiger partial charge in [-0.2, -0.15) is 0 Å². The molecule has 3 unspecified atom stereocenters. The first-order valence-corrected chi connectivity index (χ1v) is 5.68. The van der Waals surface area contributed by atoms with Gasteiger partial charge in [-0.05, 0) is 23.7 Å². The van der Waals surface area contributed by atoms with Crippen LogP contribution < -0.4 is 0 Å². The highest BCUT2D eigenvalue weighted by Gasteiger charge is 2.50. The lowest BCUT2D eigenvalue weighted by Gasteiger charge is -2.16. The molecule has 0 nitrogen and oxygen atoms in total.